The minimum absolute atomic E-state index is 0.134. The normalized spacial score (nSPS) is 22.4. The van der Waals surface area contributed by atoms with Crippen LogP contribution < -0.4 is 4.74 Å². The molecule has 1 saturated carbocycles. The number of ketones is 1. The van der Waals surface area contributed by atoms with Crippen LogP contribution in [0.1, 0.15) is 55.5 Å². The molecule has 1 aliphatic heterocycles. The molecule has 0 spiro atoms. The van der Waals surface area contributed by atoms with Crippen molar-refractivity contribution in [2.24, 2.45) is 5.41 Å². The molecule has 0 radical (unpaired) electrons. The Morgan fingerprint density at radius 1 is 1.19 bits per heavy atom. The summed E-state index contributed by atoms with van der Waals surface area (Å²) in [5.74, 6) is 1.05. The van der Waals surface area contributed by atoms with E-state index in [4.69, 9.17) is 9.47 Å². The fourth-order valence-electron chi connectivity index (χ4n) is 3.45. The molecule has 114 valence electrons. The van der Waals surface area contributed by atoms with Gasteiger partial charge in [-0.2, -0.15) is 0 Å². The highest BCUT2D eigenvalue weighted by Crippen LogP contribution is 2.43. The van der Waals surface area contributed by atoms with E-state index in [2.05, 4.69) is 13.8 Å². The molecule has 0 amide bonds. The Bertz CT molecular complexity index is 550. The molecule has 0 N–H and O–H groups in total. The van der Waals surface area contributed by atoms with Gasteiger partial charge in [0.05, 0.1) is 6.61 Å². The third-order valence-corrected chi connectivity index (χ3v) is 5.17. The summed E-state index contributed by atoms with van der Waals surface area (Å²) in [5.41, 5.74) is 1.58. The first-order valence-electron chi connectivity index (χ1n) is 7.82. The molecule has 3 heteroatoms. The molecule has 1 fully saturated rings. The molecule has 21 heavy (non-hydrogen) atoms. The maximum atomic E-state index is 13.0. The van der Waals surface area contributed by atoms with Gasteiger partial charge in [0.25, 0.3) is 0 Å². The lowest BCUT2D eigenvalue weighted by molar-refractivity contribution is -0.0383. The molecule has 0 bridgehead atoms. The molecule has 0 atom stereocenters. The average molecular weight is 288 g/mol. The number of methoxy groups -OCH3 is 1. The first-order chi connectivity index (χ1) is 9.96. The van der Waals surface area contributed by atoms with Crippen molar-refractivity contribution in [2.75, 3.05) is 13.7 Å². The van der Waals surface area contributed by atoms with Crippen molar-refractivity contribution >= 4 is 5.78 Å². The maximum Gasteiger partial charge on any atom is 0.194 e. The summed E-state index contributed by atoms with van der Waals surface area (Å²) in [6.45, 7) is 5.25. The largest absolute Gasteiger partial charge is 0.493 e. The Labute approximate surface area is 126 Å². The zero-order valence-corrected chi connectivity index (χ0v) is 13.2. The minimum Gasteiger partial charge on any atom is -0.493 e. The lowest BCUT2D eigenvalue weighted by Crippen LogP contribution is -2.45. The number of carbonyl (C=O) groups is 1. The fourth-order valence-corrected chi connectivity index (χ4v) is 3.45. The highest BCUT2D eigenvalue weighted by molar-refractivity contribution is 6.03. The number of benzene rings is 1. The molecule has 3 nitrogen and oxygen atoms in total. The van der Waals surface area contributed by atoms with Crippen LogP contribution in [0.5, 0.6) is 5.75 Å². The highest BCUT2D eigenvalue weighted by atomic mass is 16.5. The quantitative estimate of drug-likeness (QED) is 0.794. The van der Waals surface area contributed by atoms with Crippen LogP contribution in [0, 0.1) is 5.41 Å². The van der Waals surface area contributed by atoms with Crippen LogP contribution in [0.3, 0.4) is 0 Å². The van der Waals surface area contributed by atoms with E-state index in [-0.39, 0.29) is 5.78 Å². The number of Topliss-reactive ketones (excluding diaryl/α,β-unsaturated/α-hetero) is 1. The lowest BCUT2D eigenvalue weighted by Gasteiger charge is -2.41. The average Bonchev–Trinajstić information content (AvgIpc) is 2.94. The summed E-state index contributed by atoms with van der Waals surface area (Å²) in [5, 5.41) is 0. The van der Waals surface area contributed by atoms with E-state index in [0.29, 0.717) is 5.41 Å². The molecule has 2 aliphatic rings. The molecular formula is C18H24O3. The van der Waals surface area contributed by atoms with E-state index in [9.17, 15) is 4.79 Å². The Balaban J connectivity index is 1.86. The third-order valence-electron chi connectivity index (χ3n) is 5.17. The number of ether oxygens (including phenoxy) is 2. The maximum absolute atomic E-state index is 13.0. The summed E-state index contributed by atoms with van der Waals surface area (Å²) in [6, 6.07) is 5.80. The standard InChI is InChI=1S/C18H24O3/c1-17(2)7-9-18(20-3,10-8-17)16(19)14-4-5-15-13(12-14)6-11-21-15/h4-5,12H,6-11H2,1-3H3. The van der Waals surface area contributed by atoms with Gasteiger partial charge in [-0.25, -0.2) is 0 Å². The second-order valence-electron chi connectivity index (χ2n) is 7.11. The van der Waals surface area contributed by atoms with Crippen molar-refractivity contribution < 1.29 is 14.3 Å². The lowest BCUT2D eigenvalue weighted by atomic mass is 9.68. The van der Waals surface area contributed by atoms with Gasteiger partial charge in [0.15, 0.2) is 5.78 Å². The van der Waals surface area contributed by atoms with Crippen molar-refractivity contribution in [1.82, 2.24) is 0 Å². The second-order valence-corrected chi connectivity index (χ2v) is 7.11. The van der Waals surface area contributed by atoms with Crippen LogP contribution in [-0.4, -0.2) is 25.1 Å². The molecule has 3 rings (SSSR count). The van der Waals surface area contributed by atoms with Gasteiger partial charge in [0, 0.05) is 19.1 Å². The molecule has 1 aromatic rings. The molecule has 1 aliphatic carbocycles. The van der Waals surface area contributed by atoms with Crippen molar-refractivity contribution in [3.63, 3.8) is 0 Å². The van der Waals surface area contributed by atoms with Crippen molar-refractivity contribution in [3.8, 4) is 5.75 Å². The van der Waals surface area contributed by atoms with Crippen LogP contribution >= 0.6 is 0 Å². The van der Waals surface area contributed by atoms with Crippen LogP contribution in [0.25, 0.3) is 0 Å². The van der Waals surface area contributed by atoms with Crippen molar-refractivity contribution in [2.45, 2.75) is 51.6 Å². The molecule has 0 aromatic heterocycles. The first-order valence-corrected chi connectivity index (χ1v) is 7.82. The van der Waals surface area contributed by atoms with E-state index in [1.807, 2.05) is 18.2 Å². The van der Waals surface area contributed by atoms with Crippen LogP contribution in [0.15, 0.2) is 18.2 Å². The second kappa shape index (κ2) is 5.13. The van der Waals surface area contributed by atoms with Gasteiger partial charge in [0.1, 0.15) is 11.4 Å². The van der Waals surface area contributed by atoms with Crippen molar-refractivity contribution in [1.29, 1.82) is 0 Å². The smallest absolute Gasteiger partial charge is 0.194 e. The van der Waals surface area contributed by atoms with Gasteiger partial charge < -0.3 is 9.47 Å². The summed E-state index contributed by atoms with van der Waals surface area (Å²) in [4.78, 5) is 13.0. The van der Waals surface area contributed by atoms with Crippen LogP contribution in [0.4, 0.5) is 0 Å². The predicted molar refractivity (Wildman–Crippen MR) is 82.0 cm³/mol. The minimum atomic E-state index is -0.636. The SMILES string of the molecule is COC1(C(=O)c2ccc3c(c2)CCO3)CCC(C)(C)CC1. The Kier molecular flexibility index (Phi) is 3.56. The summed E-state index contributed by atoms with van der Waals surface area (Å²) >= 11 is 0. The number of rotatable bonds is 3. The zero-order valence-electron chi connectivity index (χ0n) is 13.2. The summed E-state index contributed by atoms with van der Waals surface area (Å²) < 4.78 is 11.2. The fraction of sp³-hybridized carbons (Fsp3) is 0.611. The molecule has 1 aromatic carbocycles. The summed E-state index contributed by atoms with van der Waals surface area (Å²) in [7, 11) is 1.67. The van der Waals surface area contributed by atoms with Gasteiger partial charge >= 0.3 is 0 Å². The number of hydrogen-bond donors (Lipinski definition) is 0. The number of hydrogen-bond acceptors (Lipinski definition) is 3. The van der Waals surface area contributed by atoms with E-state index in [1.165, 1.54) is 0 Å². The van der Waals surface area contributed by atoms with E-state index < -0.39 is 5.60 Å². The summed E-state index contributed by atoms with van der Waals surface area (Å²) in [6.07, 6.45) is 4.57. The van der Waals surface area contributed by atoms with Gasteiger partial charge in [0.2, 0.25) is 0 Å². The van der Waals surface area contributed by atoms with Gasteiger partial charge in [-0.3, -0.25) is 4.79 Å². The number of fused-ring (bicyclic) bond motifs is 1. The first kappa shape index (κ1) is 14.6. The molecular weight excluding hydrogens is 264 g/mol. The van der Waals surface area contributed by atoms with E-state index in [1.54, 1.807) is 7.11 Å². The zero-order chi connectivity index (χ0) is 15.1. The van der Waals surface area contributed by atoms with E-state index >= 15 is 0 Å². The molecule has 1 heterocycles. The predicted octanol–water partition coefficient (Wildman–Crippen LogP) is 3.79. The Morgan fingerprint density at radius 2 is 1.90 bits per heavy atom. The molecule has 0 saturated heterocycles. The monoisotopic (exact) mass is 288 g/mol. The van der Waals surface area contributed by atoms with Gasteiger partial charge in [-0.05, 0) is 54.9 Å². The highest BCUT2D eigenvalue weighted by Gasteiger charge is 2.44. The van der Waals surface area contributed by atoms with Crippen LogP contribution in [-0.2, 0) is 11.2 Å². The van der Waals surface area contributed by atoms with Crippen molar-refractivity contribution in [3.05, 3.63) is 29.3 Å². The topological polar surface area (TPSA) is 35.5 Å². The van der Waals surface area contributed by atoms with Gasteiger partial charge in [-0.15, -0.1) is 0 Å². The number of carbonyl (C=O) groups excluding carboxylic acids is 1. The Morgan fingerprint density at radius 3 is 2.57 bits per heavy atom. The van der Waals surface area contributed by atoms with Gasteiger partial charge in [-0.1, -0.05) is 13.8 Å². The Hall–Kier alpha value is -1.35. The van der Waals surface area contributed by atoms with Crippen LogP contribution in [0.2, 0.25) is 0 Å². The third kappa shape index (κ3) is 2.59. The molecule has 0 unspecified atom stereocenters. The van der Waals surface area contributed by atoms with E-state index in [0.717, 1.165) is 55.6 Å².